The van der Waals surface area contributed by atoms with Crippen molar-refractivity contribution in [3.05, 3.63) is 34.4 Å². The van der Waals surface area contributed by atoms with Gasteiger partial charge in [-0.3, -0.25) is 4.79 Å². The zero-order valence-corrected chi connectivity index (χ0v) is 16.3. The van der Waals surface area contributed by atoms with E-state index >= 15 is 0 Å². The van der Waals surface area contributed by atoms with Crippen molar-refractivity contribution in [1.29, 1.82) is 0 Å². The molecule has 3 aromatic rings. The molecule has 0 saturated carbocycles. The molecule has 0 bridgehead atoms. The van der Waals surface area contributed by atoms with Gasteiger partial charge in [-0.2, -0.15) is 0 Å². The fourth-order valence-electron chi connectivity index (χ4n) is 2.81. The van der Waals surface area contributed by atoms with Crippen LogP contribution >= 0.6 is 12.4 Å². The second kappa shape index (κ2) is 8.65. The van der Waals surface area contributed by atoms with E-state index in [4.69, 9.17) is 13.6 Å². The van der Waals surface area contributed by atoms with Crippen LogP contribution in [0, 0.1) is 12.8 Å². The molecule has 8 heteroatoms. The molecule has 0 radical (unpaired) electrons. The Labute approximate surface area is 162 Å². The highest BCUT2D eigenvalue weighted by Gasteiger charge is 2.22. The quantitative estimate of drug-likeness (QED) is 0.562. The molecule has 2 heterocycles. The SMILES string of the molecule is Cc1cc2c(O)c3c(=O)ccoc3c(OCC(O)CNCC(C)C)c2o1.Cl. The summed E-state index contributed by atoms with van der Waals surface area (Å²) < 4.78 is 16.8. The third kappa shape index (κ3) is 4.37. The highest BCUT2D eigenvalue weighted by Crippen LogP contribution is 2.42. The molecule has 0 spiro atoms. The highest BCUT2D eigenvalue weighted by molar-refractivity contribution is 6.06. The number of aryl methyl sites for hydroxylation is 1. The van der Waals surface area contributed by atoms with E-state index < -0.39 is 6.10 Å². The van der Waals surface area contributed by atoms with E-state index in [1.165, 1.54) is 12.3 Å². The predicted octanol–water partition coefficient (Wildman–Crippen LogP) is 2.96. The number of aliphatic hydroxyl groups is 1. The van der Waals surface area contributed by atoms with Gasteiger partial charge in [0.15, 0.2) is 16.6 Å². The summed E-state index contributed by atoms with van der Waals surface area (Å²) in [4.78, 5) is 12.2. The fourth-order valence-corrected chi connectivity index (χ4v) is 2.81. The number of furan rings is 1. The number of aromatic hydroxyl groups is 1. The van der Waals surface area contributed by atoms with Gasteiger partial charge in [0.2, 0.25) is 5.75 Å². The maximum Gasteiger partial charge on any atom is 0.206 e. The second-order valence-electron chi connectivity index (χ2n) is 6.78. The first kappa shape index (κ1) is 21.1. The van der Waals surface area contributed by atoms with Crippen LogP contribution in [0.2, 0.25) is 0 Å². The van der Waals surface area contributed by atoms with Crippen LogP contribution in [-0.2, 0) is 0 Å². The number of phenols is 1. The van der Waals surface area contributed by atoms with Gasteiger partial charge in [0.25, 0.3) is 0 Å². The number of benzene rings is 1. The molecule has 0 aliphatic rings. The molecule has 1 aromatic carbocycles. The number of halogens is 1. The Morgan fingerprint density at radius 3 is 2.70 bits per heavy atom. The molecule has 1 unspecified atom stereocenters. The van der Waals surface area contributed by atoms with Gasteiger partial charge in [-0.05, 0) is 25.5 Å². The molecule has 2 aromatic heterocycles. The molecule has 0 aliphatic heterocycles. The lowest BCUT2D eigenvalue weighted by Crippen LogP contribution is -2.33. The molecule has 7 nitrogen and oxygen atoms in total. The monoisotopic (exact) mass is 397 g/mol. The number of rotatable bonds is 7. The highest BCUT2D eigenvalue weighted by atomic mass is 35.5. The second-order valence-corrected chi connectivity index (χ2v) is 6.78. The zero-order chi connectivity index (χ0) is 18.8. The first-order valence-electron chi connectivity index (χ1n) is 8.56. The van der Waals surface area contributed by atoms with Crippen molar-refractivity contribution in [2.45, 2.75) is 26.9 Å². The van der Waals surface area contributed by atoms with Gasteiger partial charge in [0.1, 0.15) is 29.6 Å². The number of hydrogen-bond acceptors (Lipinski definition) is 7. The molecule has 3 rings (SSSR count). The van der Waals surface area contributed by atoms with Gasteiger partial charge in [0, 0.05) is 12.6 Å². The molecule has 0 saturated heterocycles. The molecular weight excluding hydrogens is 374 g/mol. The maximum absolute atomic E-state index is 12.2. The summed E-state index contributed by atoms with van der Waals surface area (Å²) in [5.41, 5.74) is -0.00289. The lowest BCUT2D eigenvalue weighted by atomic mass is 10.1. The van der Waals surface area contributed by atoms with Gasteiger partial charge >= 0.3 is 0 Å². The predicted molar refractivity (Wildman–Crippen MR) is 105 cm³/mol. The molecule has 1 atom stereocenters. The first-order valence-corrected chi connectivity index (χ1v) is 8.56. The van der Waals surface area contributed by atoms with Gasteiger partial charge in [-0.25, -0.2) is 0 Å². The number of ether oxygens (including phenoxy) is 1. The number of hydrogen-bond donors (Lipinski definition) is 3. The largest absolute Gasteiger partial charge is 0.506 e. The van der Waals surface area contributed by atoms with Crippen molar-refractivity contribution in [3.8, 4) is 11.5 Å². The minimum absolute atomic E-state index is 0. The molecule has 3 N–H and O–H groups in total. The number of phenolic OH excluding ortho intramolecular Hbond substituents is 1. The fraction of sp³-hybridized carbons (Fsp3) is 0.421. The van der Waals surface area contributed by atoms with Crippen LogP contribution < -0.4 is 15.5 Å². The van der Waals surface area contributed by atoms with Crippen LogP contribution in [0.1, 0.15) is 19.6 Å². The Morgan fingerprint density at radius 2 is 2.00 bits per heavy atom. The Hall–Kier alpha value is -2.22. The Kier molecular flexibility index (Phi) is 6.75. The van der Waals surface area contributed by atoms with Crippen molar-refractivity contribution >= 4 is 34.3 Å². The lowest BCUT2D eigenvalue weighted by molar-refractivity contribution is 0.106. The normalized spacial score (nSPS) is 12.5. The van der Waals surface area contributed by atoms with Gasteiger partial charge in [-0.1, -0.05) is 13.8 Å². The van der Waals surface area contributed by atoms with Crippen molar-refractivity contribution in [3.63, 3.8) is 0 Å². The smallest absolute Gasteiger partial charge is 0.206 e. The average molecular weight is 398 g/mol. The summed E-state index contributed by atoms with van der Waals surface area (Å²) in [6.45, 7) is 7.04. The Balaban J connectivity index is 0.00000261. The number of nitrogens with one attached hydrogen (secondary N) is 1. The van der Waals surface area contributed by atoms with E-state index in [2.05, 4.69) is 19.2 Å². The van der Waals surface area contributed by atoms with Crippen molar-refractivity contribution in [2.75, 3.05) is 19.7 Å². The lowest BCUT2D eigenvalue weighted by Gasteiger charge is -2.15. The molecule has 0 amide bonds. The Morgan fingerprint density at radius 1 is 1.26 bits per heavy atom. The molecule has 0 aliphatic carbocycles. The summed E-state index contributed by atoms with van der Waals surface area (Å²) in [6, 6.07) is 2.86. The third-order valence-electron chi connectivity index (χ3n) is 3.99. The molecule has 148 valence electrons. The van der Waals surface area contributed by atoms with Gasteiger partial charge in [-0.15, -0.1) is 12.4 Å². The van der Waals surface area contributed by atoms with Crippen molar-refractivity contribution < 1.29 is 23.8 Å². The van der Waals surface area contributed by atoms with Crippen molar-refractivity contribution in [2.24, 2.45) is 5.92 Å². The van der Waals surface area contributed by atoms with Crippen LogP contribution in [-0.4, -0.2) is 36.0 Å². The topological polar surface area (TPSA) is 105 Å². The Bertz CT molecular complexity index is 978. The van der Waals surface area contributed by atoms with Gasteiger partial charge in [0.05, 0.1) is 11.6 Å². The van der Waals surface area contributed by atoms with Gasteiger partial charge < -0.3 is 29.1 Å². The van der Waals surface area contributed by atoms with E-state index in [1.54, 1.807) is 13.0 Å². The van der Waals surface area contributed by atoms with Crippen LogP contribution in [0.4, 0.5) is 0 Å². The number of fused-ring (bicyclic) bond motifs is 2. The van der Waals surface area contributed by atoms with Crippen LogP contribution in [0.15, 0.2) is 32.0 Å². The first-order chi connectivity index (χ1) is 12.4. The molecule has 27 heavy (non-hydrogen) atoms. The van der Waals surface area contributed by atoms with E-state index in [1.807, 2.05) is 0 Å². The summed E-state index contributed by atoms with van der Waals surface area (Å²) >= 11 is 0. The molecular formula is C19H24ClNO6. The number of aliphatic hydroxyl groups excluding tert-OH is 1. The summed E-state index contributed by atoms with van der Waals surface area (Å²) in [5, 5.41) is 24.1. The van der Waals surface area contributed by atoms with Crippen LogP contribution in [0.5, 0.6) is 11.5 Å². The minimum atomic E-state index is -0.751. The van der Waals surface area contributed by atoms with E-state index in [0.717, 1.165) is 6.54 Å². The zero-order valence-electron chi connectivity index (χ0n) is 15.4. The van der Waals surface area contributed by atoms with E-state index in [-0.39, 0.29) is 52.5 Å². The minimum Gasteiger partial charge on any atom is -0.506 e. The summed E-state index contributed by atoms with van der Waals surface area (Å²) in [7, 11) is 0. The third-order valence-corrected chi connectivity index (χ3v) is 3.99. The van der Waals surface area contributed by atoms with Crippen molar-refractivity contribution in [1.82, 2.24) is 5.32 Å². The van der Waals surface area contributed by atoms with Crippen LogP contribution in [0.25, 0.3) is 21.9 Å². The van der Waals surface area contributed by atoms with E-state index in [0.29, 0.717) is 23.6 Å². The van der Waals surface area contributed by atoms with Crippen LogP contribution in [0.3, 0.4) is 0 Å². The summed E-state index contributed by atoms with van der Waals surface area (Å²) in [5.74, 6) is 1.03. The van der Waals surface area contributed by atoms with E-state index in [9.17, 15) is 15.0 Å². The summed E-state index contributed by atoms with van der Waals surface area (Å²) in [6.07, 6.45) is 0.485. The average Bonchev–Trinajstić information content (AvgIpc) is 2.96. The standard InChI is InChI=1S/C19H23NO6.ClH/c1-10(2)7-20-8-12(21)9-25-19-17-13(6-11(3)26-17)16(23)15-14(22)4-5-24-18(15)19;/h4-6,10,12,20-21,23H,7-9H2,1-3H3;1H. The molecule has 0 fully saturated rings. The maximum atomic E-state index is 12.2.